The Bertz CT molecular complexity index is 1030. The molecule has 0 spiro atoms. The maximum absolute atomic E-state index is 12.6. The minimum atomic E-state index is -4.38. The molecule has 30 heavy (non-hydrogen) atoms. The topological polar surface area (TPSA) is 61.0 Å². The number of aromatic amines is 1. The summed E-state index contributed by atoms with van der Waals surface area (Å²) >= 11 is 0. The van der Waals surface area contributed by atoms with Gasteiger partial charge in [0.1, 0.15) is 5.82 Å². The number of nitrogens with one attached hydrogen (secondary N) is 2. The Morgan fingerprint density at radius 3 is 2.53 bits per heavy atom. The van der Waals surface area contributed by atoms with Crippen LogP contribution in [-0.4, -0.2) is 33.9 Å². The summed E-state index contributed by atoms with van der Waals surface area (Å²) in [5.74, 6) is 0.610. The number of nitrogens with zero attached hydrogens (tertiary/aromatic N) is 2. The number of likely N-dealkylation sites (tertiary alicyclic amines) is 1. The van der Waals surface area contributed by atoms with E-state index in [4.69, 9.17) is 0 Å². The number of aryl methyl sites for hydroxylation is 1. The van der Waals surface area contributed by atoms with Crippen LogP contribution in [0.25, 0.3) is 11.0 Å². The van der Waals surface area contributed by atoms with Crippen molar-refractivity contribution >= 4 is 22.6 Å². The van der Waals surface area contributed by atoms with Gasteiger partial charge in [-0.05, 0) is 74.8 Å². The van der Waals surface area contributed by atoms with Crippen LogP contribution < -0.4 is 5.32 Å². The average molecular weight is 416 g/mol. The van der Waals surface area contributed by atoms with E-state index in [2.05, 4.69) is 26.3 Å². The highest BCUT2D eigenvalue weighted by atomic mass is 19.4. The van der Waals surface area contributed by atoms with E-state index >= 15 is 0 Å². The van der Waals surface area contributed by atoms with Gasteiger partial charge in [-0.3, -0.25) is 9.69 Å². The first-order valence-electron chi connectivity index (χ1n) is 9.94. The lowest BCUT2D eigenvalue weighted by Crippen LogP contribution is -2.38. The zero-order valence-electron chi connectivity index (χ0n) is 16.6. The smallest absolute Gasteiger partial charge is 0.341 e. The molecule has 0 atom stereocenters. The molecule has 4 rings (SSSR count). The second kappa shape index (κ2) is 8.10. The van der Waals surface area contributed by atoms with Gasteiger partial charge < -0.3 is 10.3 Å². The molecule has 158 valence electrons. The summed E-state index contributed by atoms with van der Waals surface area (Å²) in [6.45, 7) is 4.27. The number of halogens is 3. The van der Waals surface area contributed by atoms with Crippen molar-refractivity contribution in [3.05, 3.63) is 59.4 Å². The van der Waals surface area contributed by atoms with Crippen molar-refractivity contribution < 1.29 is 18.0 Å². The summed E-state index contributed by atoms with van der Waals surface area (Å²) in [7, 11) is 0. The molecular formula is C22H23F3N4O. The van der Waals surface area contributed by atoms with Crippen molar-refractivity contribution in [2.45, 2.75) is 32.5 Å². The highest BCUT2D eigenvalue weighted by Crippen LogP contribution is 2.30. The number of benzene rings is 2. The van der Waals surface area contributed by atoms with Gasteiger partial charge >= 0.3 is 6.18 Å². The van der Waals surface area contributed by atoms with Gasteiger partial charge in [-0.15, -0.1) is 0 Å². The van der Waals surface area contributed by atoms with Gasteiger partial charge in [0.05, 0.1) is 23.1 Å². The monoisotopic (exact) mass is 416 g/mol. The predicted octanol–water partition coefficient (Wildman–Crippen LogP) is 4.74. The van der Waals surface area contributed by atoms with Crippen molar-refractivity contribution in [3.8, 4) is 0 Å². The summed E-state index contributed by atoms with van der Waals surface area (Å²) in [5, 5.41) is 2.73. The van der Waals surface area contributed by atoms with E-state index in [0.717, 1.165) is 42.1 Å². The van der Waals surface area contributed by atoms with Crippen molar-refractivity contribution in [2.24, 2.45) is 5.92 Å². The molecule has 1 aromatic heterocycles. The van der Waals surface area contributed by atoms with Gasteiger partial charge in [0.2, 0.25) is 5.91 Å². The highest BCUT2D eigenvalue weighted by molar-refractivity contribution is 5.92. The fourth-order valence-corrected chi connectivity index (χ4v) is 3.80. The molecule has 1 amide bonds. The zero-order chi connectivity index (χ0) is 21.3. The van der Waals surface area contributed by atoms with Gasteiger partial charge in [-0.1, -0.05) is 6.07 Å². The number of anilines is 1. The number of aromatic nitrogens is 2. The molecule has 1 aliphatic rings. The molecule has 1 fully saturated rings. The fraction of sp³-hybridized carbons (Fsp3) is 0.364. The molecule has 0 saturated carbocycles. The minimum absolute atomic E-state index is 0.145. The molecule has 1 aliphatic heterocycles. The van der Waals surface area contributed by atoms with Crippen molar-refractivity contribution in [1.29, 1.82) is 0 Å². The van der Waals surface area contributed by atoms with Crippen LogP contribution in [0, 0.1) is 12.8 Å². The first kappa shape index (κ1) is 20.4. The molecule has 2 N–H and O–H groups in total. The van der Waals surface area contributed by atoms with Crippen molar-refractivity contribution in [2.75, 3.05) is 18.4 Å². The lowest BCUT2D eigenvalue weighted by Gasteiger charge is -2.30. The van der Waals surface area contributed by atoms with Gasteiger partial charge in [0.25, 0.3) is 0 Å². The molecule has 3 aromatic rings. The molecule has 2 aromatic carbocycles. The molecule has 0 unspecified atom stereocenters. The van der Waals surface area contributed by atoms with Crippen molar-refractivity contribution in [1.82, 2.24) is 14.9 Å². The second-order valence-electron chi connectivity index (χ2n) is 7.82. The van der Waals surface area contributed by atoms with Gasteiger partial charge in [0, 0.05) is 11.6 Å². The van der Waals surface area contributed by atoms with Crippen LogP contribution in [0.5, 0.6) is 0 Å². The first-order valence-corrected chi connectivity index (χ1v) is 9.94. The van der Waals surface area contributed by atoms with E-state index in [-0.39, 0.29) is 11.8 Å². The number of hydrogen-bond donors (Lipinski definition) is 2. The van der Waals surface area contributed by atoms with E-state index in [9.17, 15) is 18.0 Å². The minimum Gasteiger partial charge on any atom is -0.341 e. The molecular weight excluding hydrogens is 393 g/mol. The largest absolute Gasteiger partial charge is 0.416 e. The lowest BCUT2D eigenvalue weighted by atomic mass is 9.95. The Kier molecular flexibility index (Phi) is 5.51. The molecule has 0 radical (unpaired) electrons. The molecule has 5 nitrogen and oxygen atoms in total. The quantitative estimate of drug-likeness (QED) is 0.646. The molecule has 1 saturated heterocycles. The Morgan fingerprint density at radius 2 is 1.87 bits per heavy atom. The van der Waals surface area contributed by atoms with E-state index in [1.807, 2.05) is 19.1 Å². The standard InChI is InChI=1S/C22H23F3N4O/c1-14-2-7-18-19(12-14)28-20(27-18)13-29-10-8-15(9-11-29)21(30)26-17-5-3-16(4-6-17)22(23,24)25/h2-7,12,15H,8-11,13H2,1H3,(H,26,30)(H,27,28). The number of hydrogen-bond acceptors (Lipinski definition) is 3. The third-order valence-corrected chi connectivity index (χ3v) is 5.50. The van der Waals surface area contributed by atoms with Crippen LogP contribution >= 0.6 is 0 Å². The van der Waals surface area contributed by atoms with Crippen LogP contribution in [0.2, 0.25) is 0 Å². The van der Waals surface area contributed by atoms with E-state index in [1.54, 1.807) is 0 Å². The number of fused-ring (bicyclic) bond motifs is 1. The maximum atomic E-state index is 12.6. The Hall–Kier alpha value is -2.87. The van der Waals surface area contributed by atoms with E-state index in [0.29, 0.717) is 25.1 Å². The Balaban J connectivity index is 1.29. The number of amides is 1. The highest BCUT2D eigenvalue weighted by Gasteiger charge is 2.30. The molecule has 0 bridgehead atoms. The molecule has 0 aliphatic carbocycles. The number of imidazole rings is 1. The normalized spacial score (nSPS) is 16.1. The summed E-state index contributed by atoms with van der Waals surface area (Å²) in [6.07, 6.45) is -2.98. The third-order valence-electron chi connectivity index (χ3n) is 5.50. The average Bonchev–Trinajstić information content (AvgIpc) is 3.09. The summed E-state index contributed by atoms with van der Waals surface area (Å²) in [5.41, 5.74) is 2.80. The summed E-state index contributed by atoms with van der Waals surface area (Å²) in [4.78, 5) is 22.7. The number of H-pyrrole nitrogens is 1. The predicted molar refractivity (Wildman–Crippen MR) is 109 cm³/mol. The third kappa shape index (κ3) is 4.64. The number of rotatable bonds is 4. The van der Waals surface area contributed by atoms with Crippen molar-refractivity contribution in [3.63, 3.8) is 0 Å². The maximum Gasteiger partial charge on any atom is 0.416 e. The van der Waals surface area contributed by atoms with E-state index in [1.165, 1.54) is 17.7 Å². The second-order valence-corrected chi connectivity index (χ2v) is 7.82. The lowest BCUT2D eigenvalue weighted by molar-refractivity contribution is -0.137. The molecule has 2 heterocycles. The zero-order valence-corrected chi connectivity index (χ0v) is 16.6. The van der Waals surface area contributed by atoms with Gasteiger partial charge in [0.15, 0.2) is 0 Å². The first-order chi connectivity index (χ1) is 14.3. The number of carbonyl (C=O) groups is 1. The van der Waals surface area contributed by atoms with Gasteiger partial charge in [-0.25, -0.2) is 4.98 Å². The van der Waals surface area contributed by atoms with Crippen LogP contribution in [0.15, 0.2) is 42.5 Å². The van der Waals surface area contributed by atoms with Crippen LogP contribution in [0.3, 0.4) is 0 Å². The fourth-order valence-electron chi connectivity index (χ4n) is 3.80. The number of piperidine rings is 1. The van der Waals surface area contributed by atoms with Crippen LogP contribution in [-0.2, 0) is 17.5 Å². The Morgan fingerprint density at radius 1 is 1.17 bits per heavy atom. The van der Waals surface area contributed by atoms with Gasteiger partial charge in [-0.2, -0.15) is 13.2 Å². The summed E-state index contributed by atoms with van der Waals surface area (Å²) < 4.78 is 37.9. The van der Waals surface area contributed by atoms with E-state index < -0.39 is 11.7 Å². The molecule has 8 heteroatoms. The van der Waals surface area contributed by atoms with Crippen LogP contribution in [0.1, 0.15) is 29.8 Å². The summed E-state index contributed by atoms with van der Waals surface area (Å²) in [6, 6.07) is 10.7. The Labute approximate surface area is 172 Å². The van der Waals surface area contributed by atoms with Crippen LogP contribution in [0.4, 0.5) is 18.9 Å². The number of alkyl halides is 3. The SMILES string of the molecule is Cc1ccc2nc(CN3CCC(C(=O)Nc4ccc(C(F)(F)F)cc4)CC3)[nH]c2c1. The number of carbonyl (C=O) groups excluding carboxylic acids is 1.